The van der Waals surface area contributed by atoms with Gasteiger partial charge in [0.05, 0.1) is 4.92 Å². The van der Waals surface area contributed by atoms with Gasteiger partial charge in [-0.3, -0.25) is 10.1 Å². The summed E-state index contributed by atoms with van der Waals surface area (Å²) in [5.74, 6) is 0.710. The Morgan fingerprint density at radius 3 is 2.68 bits per heavy atom. The zero-order chi connectivity index (χ0) is 13.8. The molecule has 0 amide bonds. The molecule has 0 unspecified atom stereocenters. The van der Waals surface area contributed by atoms with E-state index in [1.165, 1.54) is 12.8 Å². The molecule has 0 saturated carbocycles. The van der Waals surface area contributed by atoms with Crippen LogP contribution in [0, 0.1) is 23.0 Å². The molecule has 1 aromatic rings. The fourth-order valence-electron chi connectivity index (χ4n) is 2.64. The molecule has 1 heterocycles. The van der Waals surface area contributed by atoms with Crippen molar-refractivity contribution in [3.05, 3.63) is 33.9 Å². The van der Waals surface area contributed by atoms with E-state index in [0.717, 1.165) is 30.9 Å². The molecule has 1 saturated heterocycles. The first-order valence-electron chi connectivity index (χ1n) is 6.75. The van der Waals surface area contributed by atoms with Gasteiger partial charge in [-0.2, -0.15) is 0 Å². The van der Waals surface area contributed by atoms with E-state index in [1.807, 2.05) is 12.1 Å². The first kappa shape index (κ1) is 13.8. The minimum Gasteiger partial charge on any atom is -0.374 e. The monoisotopic (exact) mass is 263 g/mol. The first-order chi connectivity index (χ1) is 9.08. The standard InChI is InChI=1S/C14H21N3O2/c1-11-9-13(3-4-14(11)17(18)19)16(2)10-12-5-7-15-8-6-12/h3-4,9,12,15H,5-8,10H2,1-2H3. The molecule has 1 aliphatic heterocycles. The maximum absolute atomic E-state index is 10.8. The van der Waals surface area contributed by atoms with Gasteiger partial charge in [-0.1, -0.05) is 0 Å². The lowest BCUT2D eigenvalue weighted by Gasteiger charge is -2.29. The van der Waals surface area contributed by atoms with Gasteiger partial charge in [-0.15, -0.1) is 0 Å². The molecule has 0 atom stereocenters. The molecule has 19 heavy (non-hydrogen) atoms. The smallest absolute Gasteiger partial charge is 0.272 e. The average molecular weight is 263 g/mol. The van der Waals surface area contributed by atoms with Gasteiger partial charge in [0.25, 0.3) is 5.69 Å². The van der Waals surface area contributed by atoms with Crippen molar-refractivity contribution >= 4 is 11.4 Å². The Balaban J connectivity index is 2.04. The summed E-state index contributed by atoms with van der Waals surface area (Å²) in [6, 6.07) is 5.34. The number of piperidine rings is 1. The van der Waals surface area contributed by atoms with Gasteiger partial charge in [-0.05, 0) is 50.9 Å². The van der Waals surface area contributed by atoms with Crippen molar-refractivity contribution in [1.29, 1.82) is 0 Å². The number of anilines is 1. The lowest BCUT2D eigenvalue weighted by molar-refractivity contribution is -0.385. The number of hydrogen-bond donors (Lipinski definition) is 1. The first-order valence-corrected chi connectivity index (χ1v) is 6.75. The summed E-state index contributed by atoms with van der Waals surface area (Å²) >= 11 is 0. The van der Waals surface area contributed by atoms with E-state index in [0.29, 0.717) is 5.92 Å². The van der Waals surface area contributed by atoms with Crippen molar-refractivity contribution in [2.24, 2.45) is 5.92 Å². The highest BCUT2D eigenvalue weighted by molar-refractivity contribution is 5.54. The van der Waals surface area contributed by atoms with Crippen LogP contribution in [0.1, 0.15) is 18.4 Å². The summed E-state index contributed by atoms with van der Waals surface area (Å²) in [6.07, 6.45) is 2.41. The lowest BCUT2D eigenvalue weighted by Crippen LogP contribution is -2.34. The molecule has 104 valence electrons. The van der Waals surface area contributed by atoms with E-state index in [9.17, 15) is 10.1 Å². The molecule has 5 heteroatoms. The SMILES string of the molecule is Cc1cc(N(C)CC2CCNCC2)ccc1[N+](=O)[O-]. The summed E-state index contributed by atoms with van der Waals surface area (Å²) < 4.78 is 0. The maximum Gasteiger partial charge on any atom is 0.272 e. The number of aryl methyl sites for hydroxylation is 1. The minimum atomic E-state index is -0.327. The van der Waals surface area contributed by atoms with Crippen LogP contribution in [0.5, 0.6) is 0 Å². The number of nitrogens with one attached hydrogen (secondary N) is 1. The van der Waals surface area contributed by atoms with Crippen LogP contribution in [-0.4, -0.2) is 31.6 Å². The Hall–Kier alpha value is -1.62. The van der Waals surface area contributed by atoms with Crippen molar-refractivity contribution in [1.82, 2.24) is 5.32 Å². The second kappa shape index (κ2) is 6.02. The average Bonchev–Trinajstić information content (AvgIpc) is 2.39. The molecule has 5 nitrogen and oxygen atoms in total. The van der Waals surface area contributed by atoms with Crippen LogP contribution in [0.4, 0.5) is 11.4 Å². The number of hydrogen-bond acceptors (Lipinski definition) is 4. The third kappa shape index (κ3) is 3.44. The molecular weight excluding hydrogens is 242 g/mol. The van der Waals surface area contributed by atoms with E-state index in [4.69, 9.17) is 0 Å². The molecule has 1 aromatic carbocycles. The third-order valence-electron chi connectivity index (χ3n) is 3.81. The summed E-state index contributed by atoms with van der Waals surface area (Å²) in [5, 5.41) is 14.2. The molecule has 0 spiro atoms. The van der Waals surface area contributed by atoms with Crippen LogP contribution < -0.4 is 10.2 Å². The van der Waals surface area contributed by atoms with Crippen LogP contribution in [0.25, 0.3) is 0 Å². The van der Waals surface area contributed by atoms with Gasteiger partial charge < -0.3 is 10.2 Å². The molecule has 0 aliphatic carbocycles. The highest BCUT2D eigenvalue weighted by Gasteiger charge is 2.17. The summed E-state index contributed by atoms with van der Waals surface area (Å²) in [7, 11) is 2.06. The second-order valence-corrected chi connectivity index (χ2v) is 5.30. The molecule has 0 radical (unpaired) electrons. The number of rotatable bonds is 4. The minimum absolute atomic E-state index is 0.194. The molecule has 0 aromatic heterocycles. The maximum atomic E-state index is 10.8. The lowest BCUT2D eigenvalue weighted by atomic mass is 9.97. The number of nitro groups is 1. The molecule has 2 rings (SSSR count). The topological polar surface area (TPSA) is 58.4 Å². The van der Waals surface area contributed by atoms with Gasteiger partial charge >= 0.3 is 0 Å². The Morgan fingerprint density at radius 2 is 2.11 bits per heavy atom. The van der Waals surface area contributed by atoms with Crippen molar-refractivity contribution in [3.63, 3.8) is 0 Å². The zero-order valence-corrected chi connectivity index (χ0v) is 11.6. The predicted molar refractivity (Wildman–Crippen MR) is 76.7 cm³/mol. The van der Waals surface area contributed by atoms with Gasteiger partial charge in [0.15, 0.2) is 0 Å². The Kier molecular flexibility index (Phi) is 4.37. The van der Waals surface area contributed by atoms with Crippen LogP contribution in [-0.2, 0) is 0 Å². The van der Waals surface area contributed by atoms with Crippen molar-refractivity contribution < 1.29 is 4.92 Å². The van der Waals surface area contributed by atoms with E-state index < -0.39 is 0 Å². The van der Waals surface area contributed by atoms with E-state index >= 15 is 0 Å². The van der Waals surface area contributed by atoms with Crippen LogP contribution >= 0.6 is 0 Å². The summed E-state index contributed by atoms with van der Waals surface area (Å²) in [5.41, 5.74) is 1.97. The van der Waals surface area contributed by atoms with Crippen LogP contribution in [0.3, 0.4) is 0 Å². The number of nitrogens with zero attached hydrogens (tertiary/aromatic N) is 2. The van der Waals surface area contributed by atoms with Gasteiger partial charge in [0, 0.05) is 30.9 Å². The predicted octanol–water partition coefficient (Wildman–Crippen LogP) is 2.34. The fourth-order valence-corrected chi connectivity index (χ4v) is 2.64. The number of benzene rings is 1. The van der Waals surface area contributed by atoms with Crippen LogP contribution in [0.15, 0.2) is 18.2 Å². The van der Waals surface area contributed by atoms with E-state index in [1.54, 1.807) is 13.0 Å². The Labute approximate surface area is 113 Å². The highest BCUT2D eigenvalue weighted by atomic mass is 16.6. The fraction of sp³-hybridized carbons (Fsp3) is 0.571. The zero-order valence-electron chi connectivity index (χ0n) is 11.6. The highest BCUT2D eigenvalue weighted by Crippen LogP contribution is 2.25. The van der Waals surface area contributed by atoms with Gasteiger partial charge in [0.1, 0.15) is 0 Å². The molecule has 1 fully saturated rings. The normalized spacial score (nSPS) is 16.3. The van der Waals surface area contributed by atoms with Crippen molar-refractivity contribution in [2.75, 3.05) is 31.6 Å². The molecule has 0 bridgehead atoms. The van der Waals surface area contributed by atoms with Gasteiger partial charge in [-0.25, -0.2) is 0 Å². The molecule has 1 aliphatic rings. The quantitative estimate of drug-likeness (QED) is 0.669. The molecule has 1 N–H and O–H groups in total. The Morgan fingerprint density at radius 1 is 1.42 bits per heavy atom. The summed E-state index contributed by atoms with van der Waals surface area (Å²) in [6.45, 7) is 4.99. The second-order valence-electron chi connectivity index (χ2n) is 5.30. The summed E-state index contributed by atoms with van der Waals surface area (Å²) in [4.78, 5) is 12.7. The van der Waals surface area contributed by atoms with Crippen molar-refractivity contribution in [2.45, 2.75) is 19.8 Å². The van der Waals surface area contributed by atoms with E-state index in [-0.39, 0.29) is 10.6 Å². The third-order valence-corrected chi connectivity index (χ3v) is 3.81. The Bertz CT molecular complexity index is 456. The largest absolute Gasteiger partial charge is 0.374 e. The van der Waals surface area contributed by atoms with Gasteiger partial charge in [0.2, 0.25) is 0 Å². The number of nitro benzene ring substituents is 1. The molecular formula is C14H21N3O2. The van der Waals surface area contributed by atoms with E-state index in [2.05, 4.69) is 17.3 Å². The van der Waals surface area contributed by atoms with Crippen LogP contribution in [0.2, 0.25) is 0 Å². The van der Waals surface area contributed by atoms with Crippen molar-refractivity contribution in [3.8, 4) is 0 Å².